The molecule has 0 saturated heterocycles. The maximum Gasteiger partial charge on any atom is 3.00 e. The fraction of sp³-hybridized carbons (Fsp3) is 0. The van der Waals surface area contributed by atoms with Crippen LogP contribution in [-0.2, 0) is 81.8 Å². The van der Waals surface area contributed by atoms with Crippen LogP contribution in [0.25, 0.3) is 0 Å². The molecule has 0 unspecified atom stereocenters. The summed E-state index contributed by atoms with van der Waals surface area (Å²) in [5.74, 6) is 0. The van der Waals surface area contributed by atoms with Gasteiger partial charge in [0, 0.05) is 65.4 Å². The summed E-state index contributed by atoms with van der Waals surface area (Å²) in [6.07, 6.45) is 0. The molecule has 0 aromatic carbocycles. The fourth-order valence-corrected chi connectivity index (χ4v) is 0. The van der Waals surface area contributed by atoms with Gasteiger partial charge in [-0.15, -0.1) is 0 Å². The van der Waals surface area contributed by atoms with E-state index >= 15 is 0 Å². The molecular weight excluding hydrogens is 336 g/mol. The van der Waals surface area contributed by atoms with Crippen molar-refractivity contribution in [2.75, 3.05) is 0 Å². The average molecular weight is 344 g/mol. The van der Waals surface area contributed by atoms with Gasteiger partial charge in [0.1, 0.15) is 0 Å². The Morgan fingerprint density at radius 1 is 0.444 bits per heavy atom. The van der Waals surface area contributed by atoms with Crippen molar-refractivity contribution in [3.05, 3.63) is 0 Å². The van der Waals surface area contributed by atoms with Crippen molar-refractivity contribution in [1.29, 1.82) is 0 Å². The number of rotatable bonds is 0. The molecule has 0 amide bonds. The van der Waals surface area contributed by atoms with Crippen molar-refractivity contribution in [3.8, 4) is 0 Å². The Labute approximate surface area is 136 Å². The molecule has 3 nitrogen and oxygen atoms in total. The molecule has 2 radical (unpaired) electrons. The molecule has 46 valence electrons. The molecule has 0 fully saturated rings. The monoisotopic (exact) mass is 344 g/mol. The van der Waals surface area contributed by atoms with E-state index in [-0.39, 0.29) is 138 Å². The SMILES string of the molecule is [Al+3].[Al+3].[O-2].[O-2].[O-2].[SiH4].[SiH4].[Y].[Y]. The van der Waals surface area contributed by atoms with Crippen molar-refractivity contribution >= 4 is 56.7 Å². The van der Waals surface area contributed by atoms with Gasteiger partial charge in [-0.25, -0.2) is 0 Å². The van der Waals surface area contributed by atoms with E-state index in [2.05, 4.69) is 0 Å². The van der Waals surface area contributed by atoms with Crippen LogP contribution in [0.15, 0.2) is 0 Å². The summed E-state index contributed by atoms with van der Waals surface area (Å²) < 4.78 is 0. The molecule has 0 atom stereocenters. The minimum Gasteiger partial charge on any atom is -2.00 e. The summed E-state index contributed by atoms with van der Waals surface area (Å²) in [5.41, 5.74) is 0. The second kappa shape index (κ2) is 101. The van der Waals surface area contributed by atoms with Gasteiger partial charge in [0.2, 0.25) is 0 Å². The smallest absolute Gasteiger partial charge is 2.00 e. The first-order valence-electron chi connectivity index (χ1n) is 0. The summed E-state index contributed by atoms with van der Waals surface area (Å²) in [5, 5.41) is 0. The zero-order valence-electron chi connectivity index (χ0n) is 3.53. The van der Waals surface area contributed by atoms with Gasteiger partial charge in [0.25, 0.3) is 0 Å². The number of hydrogen-bond acceptors (Lipinski definition) is 0. The van der Waals surface area contributed by atoms with Crippen molar-refractivity contribution in [2.24, 2.45) is 0 Å². The van der Waals surface area contributed by atoms with Crippen LogP contribution in [0.4, 0.5) is 0 Å². The third-order valence-electron chi connectivity index (χ3n) is 0. The first-order valence-corrected chi connectivity index (χ1v) is 0. The van der Waals surface area contributed by atoms with Crippen LogP contribution in [0.1, 0.15) is 0 Å². The van der Waals surface area contributed by atoms with Crippen LogP contribution in [0, 0.1) is 0 Å². The Bertz CT molecular complexity index is 17.8. The molecule has 0 aromatic rings. The van der Waals surface area contributed by atoms with Crippen molar-refractivity contribution in [1.82, 2.24) is 0 Å². The number of hydrogen-bond donors (Lipinski definition) is 0. The minimum absolute atomic E-state index is 0. The third kappa shape index (κ3) is 82.8. The quantitative estimate of drug-likeness (QED) is 0.401. The first-order chi connectivity index (χ1) is 0. The van der Waals surface area contributed by atoms with E-state index in [0.29, 0.717) is 0 Å². The normalized spacial score (nSPS) is 0. The van der Waals surface area contributed by atoms with Crippen LogP contribution < -0.4 is 0 Å². The van der Waals surface area contributed by atoms with E-state index < -0.39 is 0 Å². The molecule has 0 heterocycles. The van der Waals surface area contributed by atoms with Crippen LogP contribution in [0.5, 0.6) is 0 Å². The topological polar surface area (TPSA) is 85.5 Å². The molecule has 9 heteroatoms. The molecule has 0 aliphatic carbocycles. The van der Waals surface area contributed by atoms with Gasteiger partial charge in [-0.1, -0.05) is 0 Å². The van der Waals surface area contributed by atoms with Crippen molar-refractivity contribution in [2.45, 2.75) is 0 Å². The predicted molar refractivity (Wildman–Crippen MR) is 36.2 cm³/mol. The van der Waals surface area contributed by atoms with Gasteiger partial charge >= 0.3 is 34.7 Å². The van der Waals surface area contributed by atoms with E-state index in [1.54, 1.807) is 0 Å². The molecule has 0 saturated carbocycles. The zero-order chi connectivity index (χ0) is 0. The molecular formula is H8Al2O3Si2Y2. The van der Waals surface area contributed by atoms with Crippen LogP contribution in [0.3, 0.4) is 0 Å². The molecule has 0 aliphatic rings. The molecule has 0 bridgehead atoms. The molecule has 0 spiro atoms. The van der Waals surface area contributed by atoms with Crippen LogP contribution in [0.2, 0.25) is 0 Å². The largest absolute Gasteiger partial charge is 3.00 e. The van der Waals surface area contributed by atoms with Gasteiger partial charge in [-0.2, -0.15) is 0 Å². The van der Waals surface area contributed by atoms with Gasteiger partial charge < -0.3 is 16.4 Å². The first kappa shape index (κ1) is 131. The van der Waals surface area contributed by atoms with E-state index in [0.717, 1.165) is 0 Å². The van der Waals surface area contributed by atoms with Crippen LogP contribution in [-0.4, -0.2) is 56.7 Å². The second-order valence-electron chi connectivity index (χ2n) is 0. The summed E-state index contributed by atoms with van der Waals surface area (Å²) >= 11 is 0. The maximum atomic E-state index is 0. The molecule has 0 rings (SSSR count). The maximum absolute atomic E-state index is 0. The Kier molecular flexibility index (Phi) is 1470. The fourth-order valence-electron chi connectivity index (χ4n) is 0. The van der Waals surface area contributed by atoms with Crippen molar-refractivity contribution < 1.29 is 81.8 Å². The van der Waals surface area contributed by atoms with Gasteiger partial charge in [0.05, 0.1) is 0 Å². The summed E-state index contributed by atoms with van der Waals surface area (Å²) in [7, 11) is 0. The third-order valence-corrected chi connectivity index (χ3v) is 0. The Morgan fingerprint density at radius 2 is 0.444 bits per heavy atom. The second-order valence-corrected chi connectivity index (χ2v) is 0. The molecule has 9 heavy (non-hydrogen) atoms. The van der Waals surface area contributed by atoms with E-state index in [1.807, 2.05) is 0 Å². The van der Waals surface area contributed by atoms with Gasteiger partial charge in [0.15, 0.2) is 0 Å². The molecule has 0 N–H and O–H groups in total. The van der Waals surface area contributed by atoms with E-state index in [1.165, 1.54) is 0 Å². The predicted octanol–water partition coefficient (Wildman–Crippen LogP) is -4.03. The molecule has 0 aromatic heterocycles. The van der Waals surface area contributed by atoms with E-state index in [9.17, 15) is 0 Å². The van der Waals surface area contributed by atoms with Crippen molar-refractivity contribution in [3.63, 3.8) is 0 Å². The zero-order valence-corrected chi connectivity index (χ0v) is 11.5. The standard InChI is InChI=1S/2Al.3O.2H4Si.2Y/h;;;;;2*1H4;;/q2*+3;3*-2;;;;. The van der Waals surface area contributed by atoms with Gasteiger partial charge in [-0.3, -0.25) is 0 Å². The summed E-state index contributed by atoms with van der Waals surface area (Å²) in [4.78, 5) is 0. The molecule has 0 aliphatic heterocycles. The Morgan fingerprint density at radius 3 is 0.444 bits per heavy atom. The Balaban J connectivity index is 0. The van der Waals surface area contributed by atoms with Crippen LogP contribution >= 0.6 is 0 Å². The average Bonchev–Trinajstić information content (AvgIpc) is 0. The van der Waals surface area contributed by atoms with Gasteiger partial charge in [-0.05, 0) is 21.9 Å². The minimum atomic E-state index is 0. The Hall–Kier alpha value is 3.59. The summed E-state index contributed by atoms with van der Waals surface area (Å²) in [6.45, 7) is 0. The summed E-state index contributed by atoms with van der Waals surface area (Å²) in [6, 6.07) is 0. The van der Waals surface area contributed by atoms with E-state index in [4.69, 9.17) is 0 Å².